The van der Waals surface area contributed by atoms with Gasteiger partial charge >= 0.3 is 0 Å². The fraction of sp³-hybridized carbons (Fsp3) is 0.0588. The third kappa shape index (κ3) is 2.74. The molecule has 0 saturated heterocycles. The van der Waals surface area contributed by atoms with Crippen molar-refractivity contribution in [3.8, 4) is 11.8 Å². The fourth-order valence-electron chi connectivity index (χ4n) is 2.16. The van der Waals surface area contributed by atoms with Gasteiger partial charge in [-0.3, -0.25) is 4.79 Å². The Morgan fingerprint density at radius 2 is 1.95 bits per heavy atom. The van der Waals surface area contributed by atoms with Crippen LogP contribution in [0, 0.1) is 11.3 Å². The number of nitrogens with zero attached hydrogens (tertiary/aromatic N) is 1. The molecule has 0 aliphatic carbocycles. The summed E-state index contributed by atoms with van der Waals surface area (Å²) in [4.78, 5) is 12.5. The van der Waals surface area contributed by atoms with Gasteiger partial charge in [0, 0.05) is 10.0 Å². The zero-order chi connectivity index (χ0) is 14.8. The van der Waals surface area contributed by atoms with E-state index in [1.54, 1.807) is 30.3 Å². The SMILES string of the molecule is N#Cc1ccc(C=C2COc3ccc(Br)cc3C2=O)cc1. The first kappa shape index (κ1) is 13.6. The number of halogens is 1. The lowest BCUT2D eigenvalue weighted by Crippen LogP contribution is -2.18. The van der Waals surface area contributed by atoms with E-state index in [0.717, 1.165) is 10.0 Å². The van der Waals surface area contributed by atoms with Gasteiger partial charge in [0.1, 0.15) is 12.4 Å². The van der Waals surface area contributed by atoms with E-state index in [9.17, 15) is 4.79 Å². The van der Waals surface area contributed by atoms with Crippen LogP contribution in [0.15, 0.2) is 52.5 Å². The van der Waals surface area contributed by atoms with Crippen LogP contribution in [0.2, 0.25) is 0 Å². The first-order valence-corrected chi connectivity index (χ1v) is 7.14. The van der Waals surface area contributed by atoms with Gasteiger partial charge in [-0.25, -0.2) is 0 Å². The molecule has 0 N–H and O–H groups in total. The van der Waals surface area contributed by atoms with E-state index >= 15 is 0 Å². The molecule has 0 fully saturated rings. The summed E-state index contributed by atoms with van der Waals surface area (Å²) in [5.41, 5.74) is 2.64. The highest BCUT2D eigenvalue weighted by Crippen LogP contribution is 2.30. The average Bonchev–Trinajstić information content (AvgIpc) is 2.51. The molecule has 1 heterocycles. The number of rotatable bonds is 1. The Hall–Kier alpha value is -2.38. The summed E-state index contributed by atoms with van der Waals surface area (Å²) in [5, 5.41) is 8.78. The number of hydrogen-bond donors (Lipinski definition) is 0. The smallest absolute Gasteiger partial charge is 0.196 e. The van der Waals surface area contributed by atoms with E-state index in [2.05, 4.69) is 22.0 Å². The molecule has 3 nitrogen and oxygen atoms in total. The maximum Gasteiger partial charge on any atom is 0.196 e. The molecule has 2 aromatic rings. The zero-order valence-corrected chi connectivity index (χ0v) is 12.6. The second kappa shape index (κ2) is 5.55. The predicted molar refractivity (Wildman–Crippen MR) is 83.1 cm³/mol. The highest BCUT2D eigenvalue weighted by molar-refractivity contribution is 9.10. The summed E-state index contributed by atoms with van der Waals surface area (Å²) >= 11 is 3.36. The van der Waals surface area contributed by atoms with Crippen molar-refractivity contribution < 1.29 is 9.53 Å². The molecule has 2 aromatic carbocycles. The van der Waals surface area contributed by atoms with E-state index in [0.29, 0.717) is 22.4 Å². The Bertz CT molecular complexity index is 785. The van der Waals surface area contributed by atoms with E-state index in [1.807, 2.05) is 18.2 Å². The molecule has 0 atom stereocenters. The van der Waals surface area contributed by atoms with Crippen molar-refractivity contribution in [2.24, 2.45) is 0 Å². The Kier molecular flexibility index (Phi) is 3.59. The fourth-order valence-corrected chi connectivity index (χ4v) is 2.52. The van der Waals surface area contributed by atoms with Crippen molar-refractivity contribution >= 4 is 27.8 Å². The number of benzene rings is 2. The standard InChI is InChI=1S/C17H10BrNO2/c18-14-5-6-16-15(8-14)17(20)13(10-21-16)7-11-1-3-12(9-19)4-2-11/h1-8H,10H2. The number of ketones is 1. The predicted octanol–water partition coefficient (Wildman–Crippen LogP) is 3.98. The van der Waals surface area contributed by atoms with Gasteiger partial charge in [0.25, 0.3) is 0 Å². The highest BCUT2D eigenvalue weighted by atomic mass is 79.9. The van der Waals surface area contributed by atoms with Gasteiger partial charge in [-0.1, -0.05) is 28.1 Å². The molecule has 4 heteroatoms. The molecule has 0 spiro atoms. The quantitative estimate of drug-likeness (QED) is 0.738. The molecule has 0 saturated carbocycles. The zero-order valence-electron chi connectivity index (χ0n) is 11.0. The lowest BCUT2D eigenvalue weighted by molar-refractivity contribution is 0.100. The van der Waals surface area contributed by atoms with Gasteiger partial charge < -0.3 is 4.74 Å². The van der Waals surface area contributed by atoms with Crippen molar-refractivity contribution in [2.45, 2.75) is 0 Å². The summed E-state index contributed by atoms with van der Waals surface area (Å²) in [7, 11) is 0. The third-order valence-corrected chi connectivity index (χ3v) is 3.73. The lowest BCUT2D eigenvalue weighted by Gasteiger charge is -2.19. The number of fused-ring (bicyclic) bond motifs is 1. The van der Waals surface area contributed by atoms with Crippen LogP contribution in [0.3, 0.4) is 0 Å². The second-order valence-corrected chi connectivity index (χ2v) is 5.58. The topological polar surface area (TPSA) is 50.1 Å². The van der Waals surface area contributed by atoms with Crippen molar-refractivity contribution in [3.05, 3.63) is 69.2 Å². The molecule has 1 aliphatic rings. The van der Waals surface area contributed by atoms with Gasteiger partial charge in [0.05, 0.1) is 17.2 Å². The van der Waals surface area contributed by atoms with Gasteiger partial charge in [0.2, 0.25) is 0 Å². The van der Waals surface area contributed by atoms with E-state index in [4.69, 9.17) is 10.00 Å². The van der Waals surface area contributed by atoms with Crippen molar-refractivity contribution in [2.75, 3.05) is 6.61 Å². The van der Waals surface area contributed by atoms with Crippen LogP contribution in [0.4, 0.5) is 0 Å². The van der Waals surface area contributed by atoms with Gasteiger partial charge in [-0.15, -0.1) is 0 Å². The van der Waals surface area contributed by atoms with Crippen molar-refractivity contribution in [1.82, 2.24) is 0 Å². The summed E-state index contributed by atoms with van der Waals surface area (Å²) in [6.07, 6.45) is 1.80. The first-order valence-electron chi connectivity index (χ1n) is 6.35. The molecule has 0 unspecified atom stereocenters. The molecule has 3 rings (SSSR count). The maximum absolute atomic E-state index is 12.5. The maximum atomic E-state index is 12.5. The van der Waals surface area contributed by atoms with Crippen LogP contribution in [0.1, 0.15) is 21.5 Å². The van der Waals surface area contributed by atoms with Crippen LogP contribution in [0.25, 0.3) is 6.08 Å². The average molecular weight is 340 g/mol. The van der Waals surface area contributed by atoms with Crippen molar-refractivity contribution in [1.29, 1.82) is 5.26 Å². The minimum atomic E-state index is -0.0260. The van der Waals surface area contributed by atoms with E-state index in [-0.39, 0.29) is 12.4 Å². The molecular formula is C17H10BrNO2. The third-order valence-electron chi connectivity index (χ3n) is 3.24. The highest BCUT2D eigenvalue weighted by Gasteiger charge is 2.23. The number of hydrogen-bond acceptors (Lipinski definition) is 3. The Balaban J connectivity index is 1.95. The molecule has 0 amide bonds. The Morgan fingerprint density at radius 1 is 1.19 bits per heavy atom. The Morgan fingerprint density at radius 3 is 2.67 bits per heavy atom. The molecule has 1 aliphatic heterocycles. The molecule has 102 valence electrons. The molecular weight excluding hydrogens is 330 g/mol. The monoisotopic (exact) mass is 339 g/mol. The van der Waals surface area contributed by atoms with Crippen LogP contribution in [-0.2, 0) is 0 Å². The summed E-state index contributed by atoms with van der Waals surface area (Å²) in [6, 6.07) is 14.6. The number of nitriles is 1. The first-order chi connectivity index (χ1) is 10.2. The molecule has 0 radical (unpaired) electrons. The van der Waals surface area contributed by atoms with Crippen LogP contribution in [-0.4, -0.2) is 12.4 Å². The minimum absolute atomic E-state index is 0.0260. The van der Waals surface area contributed by atoms with Gasteiger partial charge in [-0.05, 0) is 42.0 Å². The van der Waals surface area contributed by atoms with Crippen LogP contribution >= 0.6 is 15.9 Å². The van der Waals surface area contributed by atoms with Gasteiger partial charge in [0.15, 0.2) is 5.78 Å². The van der Waals surface area contributed by atoms with E-state index < -0.39 is 0 Å². The number of ether oxygens (including phenoxy) is 1. The summed E-state index contributed by atoms with van der Waals surface area (Å²) in [6.45, 7) is 0.257. The van der Waals surface area contributed by atoms with Gasteiger partial charge in [-0.2, -0.15) is 5.26 Å². The summed E-state index contributed by atoms with van der Waals surface area (Å²) < 4.78 is 6.46. The van der Waals surface area contributed by atoms with Crippen LogP contribution in [0.5, 0.6) is 5.75 Å². The number of carbonyl (C=O) groups excluding carboxylic acids is 1. The normalized spacial score (nSPS) is 15.2. The Labute approximate surface area is 130 Å². The second-order valence-electron chi connectivity index (χ2n) is 4.66. The number of carbonyl (C=O) groups is 1. The van der Waals surface area contributed by atoms with Crippen molar-refractivity contribution in [3.63, 3.8) is 0 Å². The molecule has 0 bridgehead atoms. The minimum Gasteiger partial charge on any atom is -0.488 e. The number of Topliss-reactive ketones (excluding diaryl/α,β-unsaturated/α-hetero) is 1. The lowest BCUT2D eigenvalue weighted by atomic mass is 9.98. The summed E-state index contributed by atoms with van der Waals surface area (Å²) in [5.74, 6) is 0.585. The van der Waals surface area contributed by atoms with E-state index in [1.165, 1.54) is 0 Å². The largest absolute Gasteiger partial charge is 0.488 e. The molecule has 0 aromatic heterocycles. The molecule has 21 heavy (non-hydrogen) atoms. The van der Waals surface area contributed by atoms with Crippen LogP contribution < -0.4 is 4.74 Å².